The van der Waals surface area contributed by atoms with Gasteiger partial charge in [0.15, 0.2) is 0 Å². The Balaban J connectivity index is 1.63. The van der Waals surface area contributed by atoms with Gasteiger partial charge in [0.25, 0.3) is 0 Å². The van der Waals surface area contributed by atoms with Crippen LogP contribution < -0.4 is 10.6 Å². The molecule has 0 heterocycles. The molecule has 0 aromatic heterocycles. The summed E-state index contributed by atoms with van der Waals surface area (Å²) in [6.07, 6.45) is 5.01. The van der Waals surface area contributed by atoms with Gasteiger partial charge in [0.1, 0.15) is 0 Å². The molecule has 1 amide bonds. The Morgan fingerprint density at radius 3 is 2.74 bits per heavy atom. The first-order valence-corrected chi connectivity index (χ1v) is 7.32. The molecule has 104 valence electrons. The van der Waals surface area contributed by atoms with E-state index in [1.165, 1.54) is 25.7 Å². The van der Waals surface area contributed by atoms with Gasteiger partial charge in [-0.25, -0.2) is 0 Å². The summed E-state index contributed by atoms with van der Waals surface area (Å²) in [5, 5.41) is 6.32. The molecule has 2 N–H and O–H groups in total. The molecule has 1 aliphatic carbocycles. The highest BCUT2D eigenvalue weighted by Crippen LogP contribution is 2.27. The number of rotatable bonds is 6. The van der Waals surface area contributed by atoms with E-state index in [9.17, 15) is 4.79 Å². The largest absolute Gasteiger partial charge is 0.351 e. The lowest BCUT2D eigenvalue weighted by atomic mass is 10.1. The van der Waals surface area contributed by atoms with E-state index in [-0.39, 0.29) is 5.91 Å². The number of hydrogen-bond donors (Lipinski definition) is 2. The summed E-state index contributed by atoms with van der Waals surface area (Å²) in [5.74, 6) is 0.939. The van der Waals surface area contributed by atoms with Crippen molar-refractivity contribution >= 4 is 5.91 Å². The third-order valence-electron chi connectivity index (χ3n) is 4.00. The Bertz CT molecular complexity index is 391. The zero-order valence-corrected chi connectivity index (χ0v) is 11.7. The van der Waals surface area contributed by atoms with Crippen molar-refractivity contribution in [3.05, 3.63) is 35.9 Å². The van der Waals surface area contributed by atoms with Gasteiger partial charge in [-0.05, 0) is 30.7 Å². The van der Waals surface area contributed by atoms with Crippen LogP contribution in [0.15, 0.2) is 30.3 Å². The normalized spacial score (nSPS) is 22.4. The van der Waals surface area contributed by atoms with E-state index in [4.69, 9.17) is 0 Å². The fourth-order valence-electron chi connectivity index (χ4n) is 2.73. The molecule has 0 spiro atoms. The van der Waals surface area contributed by atoms with Gasteiger partial charge in [0.2, 0.25) is 5.91 Å². The van der Waals surface area contributed by atoms with Crippen LogP contribution in [-0.2, 0) is 11.3 Å². The second kappa shape index (κ2) is 7.29. The van der Waals surface area contributed by atoms with Crippen LogP contribution in [0.3, 0.4) is 0 Å². The first kappa shape index (κ1) is 14.1. The van der Waals surface area contributed by atoms with Crippen molar-refractivity contribution in [2.75, 3.05) is 6.54 Å². The molecule has 0 saturated heterocycles. The van der Waals surface area contributed by atoms with Crippen molar-refractivity contribution in [2.45, 2.75) is 45.2 Å². The molecule has 0 bridgehead atoms. The highest BCUT2D eigenvalue weighted by Gasteiger charge is 2.23. The van der Waals surface area contributed by atoms with Crippen molar-refractivity contribution in [3.63, 3.8) is 0 Å². The lowest BCUT2D eigenvalue weighted by Crippen LogP contribution is -2.38. The maximum Gasteiger partial charge on any atom is 0.234 e. The van der Waals surface area contributed by atoms with E-state index < -0.39 is 0 Å². The smallest absolute Gasteiger partial charge is 0.234 e. The van der Waals surface area contributed by atoms with Crippen LogP contribution in [-0.4, -0.2) is 18.5 Å². The number of nitrogens with one attached hydrogen (secondary N) is 2. The molecule has 2 atom stereocenters. The third-order valence-corrected chi connectivity index (χ3v) is 4.00. The summed E-state index contributed by atoms with van der Waals surface area (Å²) in [4.78, 5) is 11.8. The van der Waals surface area contributed by atoms with Crippen molar-refractivity contribution in [3.8, 4) is 0 Å². The molecule has 0 radical (unpaired) electrons. The van der Waals surface area contributed by atoms with Crippen molar-refractivity contribution in [1.82, 2.24) is 10.6 Å². The Morgan fingerprint density at radius 2 is 2.05 bits per heavy atom. The van der Waals surface area contributed by atoms with Crippen LogP contribution in [0.4, 0.5) is 0 Å². The van der Waals surface area contributed by atoms with Gasteiger partial charge in [-0.15, -0.1) is 0 Å². The quantitative estimate of drug-likeness (QED) is 0.825. The highest BCUT2D eigenvalue weighted by atomic mass is 16.1. The summed E-state index contributed by atoms with van der Waals surface area (Å²) in [7, 11) is 0. The molecule has 2 unspecified atom stereocenters. The average molecular weight is 260 g/mol. The molecule has 3 heteroatoms. The number of hydrogen-bond acceptors (Lipinski definition) is 2. The summed E-state index contributed by atoms with van der Waals surface area (Å²) < 4.78 is 0. The van der Waals surface area contributed by atoms with Gasteiger partial charge < -0.3 is 10.6 Å². The molecular weight excluding hydrogens is 236 g/mol. The molecule has 19 heavy (non-hydrogen) atoms. The van der Waals surface area contributed by atoms with Gasteiger partial charge in [-0.1, -0.05) is 43.7 Å². The van der Waals surface area contributed by atoms with Gasteiger partial charge in [-0.2, -0.15) is 0 Å². The maximum atomic E-state index is 11.8. The summed E-state index contributed by atoms with van der Waals surface area (Å²) in [6.45, 7) is 3.30. The average Bonchev–Trinajstić information content (AvgIpc) is 2.92. The van der Waals surface area contributed by atoms with Crippen LogP contribution in [0, 0.1) is 5.92 Å². The number of carbonyl (C=O) groups excluding carboxylic acids is 1. The first-order valence-electron chi connectivity index (χ1n) is 7.32. The SMILES string of the molecule is CCC1CCC(NCC(=O)NCc2ccccc2)C1. The Hall–Kier alpha value is -1.35. The molecule has 3 nitrogen and oxygen atoms in total. The third kappa shape index (κ3) is 4.67. The number of amides is 1. The minimum absolute atomic E-state index is 0.0869. The predicted molar refractivity (Wildman–Crippen MR) is 77.7 cm³/mol. The zero-order chi connectivity index (χ0) is 13.5. The Kier molecular flexibility index (Phi) is 5.40. The lowest BCUT2D eigenvalue weighted by Gasteiger charge is -2.12. The van der Waals surface area contributed by atoms with E-state index >= 15 is 0 Å². The monoisotopic (exact) mass is 260 g/mol. The van der Waals surface area contributed by atoms with Gasteiger partial charge in [0, 0.05) is 12.6 Å². The molecule has 0 aliphatic heterocycles. The summed E-state index contributed by atoms with van der Waals surface area (Å²) in [6, 6.07) is 10.5. The minimum Gasteiger partial charge on any atom is -0.351 e. The van der Waals surface area contributed by atoms with Gasteiger partial charge in [-0.3, -0.25) is 4.79 Å². The molecule has 1 aromatic rings. The van der Waals surface area contributed by atoms with E-state index in [1.54, 1.807) is 0 Å². The fourth-order valence-corrected chi connectivity index (χ4v) is 2.73. The van der Waals surface area contributed by atoms with Gasteiger partial charge >= 0.3 is 0 Å². The second-order valence-corrected chi connectivity index (χ2v) is 5.43. The second-order valence-electron chi connectivity index (χ2n) is 5.43. The Morgan fingerprint density at radius 1 is 1.26 bits per heavy atom. The summed E-state index contributed by atoms with van der Waals surface area (Å²) >= 11 is 0. The standard InChI is InChI=1S/C16H24N2O/c1-2-13-8-9-15(10-13)17-12-16(19)18-11-14-6-4-3-5-7-14/h3-7,13,15,17H,2,8-12H2,1H3,(H,18,19). The van der Waals surface area contributed by atoms with Crippen molar-refractivity contribution in [2.24, 2.45) is 5.92 Å². The van der Waals surface area contributed by atoms with Crippen LogP contribution in [0.1, 0.15) is 38.2 Å². The van der Waals surface area contributed by atoms with Gasteiger partial charge in [0.05, 0.1) is 6.54 Å². The first-order chi connectivity index (χ1) is 9.28. The van der Waals surface area contributed by atoms with Crippen LogP contribution in [0.25, 0.3) is 0 Å². The maximum absolute atomic E-state index is 11.8. The molecule has 1 aromatic carbocycles. The molecule has 1 aliphatic rings. The topological polar surface area (TPSA) is 41.1 Å². The zero-order valence-electron chi connectivity index (χ0n) is 11.7. The predicted octanol–water partition coefficient (Wildman–Crippen LogP) is 2.47. The lowest BCUT2D eigenvalue weighted by molar-refractivity contribution is -0.120. The molecular formula is C16H24N2O. The van der Waals surface area contributed by atoms with Crippen LogP contribution >= 0.6 is 0 Å². The van der Waals surface area contributed by atoms with E-state index in [2.05, 4.69) is 17.6 Å². The molecule has 1 fully saturated rings. The van der Waals surface area contributed by atoms with Crippen molar-refractivity contribution < 1.29 is 4.79 Å². The van der Waals surface area contributed by atoms with E-state index in [0.29, 0.717) is 19.1 Å². The minimum atomic E-state index is 0.0869. The molecule has 1 saturated carbocycles. The highest BCUT2D eigenvalue weighted by molar-refractivity contribution is 5.78. The van der Waals surface area contributed by atoms with E-state index in [1.807, 2.05) is 30.3 Å². The Labute approximate surface area is 115 Å². The van der Waals surface area contributed by atoms with Crippen LogP contribution in [0.2, 0.25) is 0 Å². The number of carbonyl (C=O) groups is 1. The van der Waals surface area contributed by atoms with Crippen LogP contribution in [0.5, 0.6) is 0 Å². The molecule has 2 rings (SSSR count). The fraction of sp³-hybridized carbons (Fsp3) is 0.562. The number of benzene rings is 1. The van der Waals surface area contributed by atoms with Crippen molar-refractivity contribution in [1.29, 1.82) is 0 Å². The summed E-state index contributed by atoms with van der Waals surface area (Å²) in [5.41, 5.74) is 1.14. The van der Waals surface area contributed by atoms with E-state index in [0.717, 1.165) is 11.5 Å².